The van der Waals surface area contributed by atoms with Crippen molar-refractivity contribution in [3.8, 4) is 0 Å². The van der Waals surface area contributed by atoms with Gasteiger partial charge in [0.15, 0.2) is 6.29 Å². The van der Waals surface area contributed by atoms with Crippen molar-refractivity contribution in [2.45, 2.75) is 37.6 Å². The molecule has 1 aliphatic heterocycles. The predicted octanol–water partition coefficient (Wildman–Crippen LogP) is -1.40. The van der Waals surface area contributed by atoms with Gasteiger partial charge in [0, 0.05) is 6.61 Å². The predicted molar refractivity (Wildman–Crippen MR) is 49.0 cm³/mol. The van der Waals surface area contributed by atoms with Crippen LogP contribution in [0.4, 0.5) is 0 Å². The molecule has 0 bridgehead atoms. The first kappa shape index (κ1) is 12.5. The Morgan fingerprint density at radius 3 is 2.53 bits per heavy atom. The summed E-state index contributed by atoms with van der Waals surface area (Å²) in [5.74, 6) is 0. The van der Waals surface area contributed by atoms with Crippen LogP contribution in [0, 0.1) is 4.91 Å². The number of rotatable bonds is 4. The Hall–Kier alpha value is -0.600. The van der Waals surface area contributed by atoms with Crippen LogP contribution in [-0.2, 0) is 9.47 Å². The summed E-state index contributed by atoms with van der Waals surface area (Å²) in [5, 5.41) is 30.6. The minimum Gasteiger partial charge on any atom is -0.394 e. The molecule has 1 rings (SSSR count). The molecule has 0 spiro atoms. The molecule has 0 saturated carbocycles. The lowest BCUT2D eigenvalue weighted by atomic mass is 9.97. The van der Waals surface area contributed by atoms with Gasteiger partial charge in [0.05, 0.1) is 6.61 Å². The minimum absolute atomic E-state index is 0.284. The van der Waals surface area contributed by atoms with E-state index in [-0.39, 0.29) is 6.61 Å². The average Bonchev–Trinajstić information content (AvgIpc) is 2.24. The van der Waals surface area contributed by atoms with E-state index in [1.165, 1.54) is 0 Å². The Morgan fingerprint density at radius 2 is 2.07 bits per heavy atom. The molecular formula is C8H15NO6. The highest BCUT2D eigenvalue weighted by molar-refractivity contribution is 4.93. The van der Waals surface area contributed by atoms with E-state index in [1.807, 2.05) is 0 Å². The summed E-state index contributed by atoms with van der Waals surface area (Å²) in [5.41, 5.74) is 0. The van der Waals surface area contributed by atoms with E-state index in [0.29, 0.717) is 0 Å². The summed E-state index contributed by atoms with van der Waals surface area (Å²) >= 11 is 0. The molecule has 88 valence electrons. The molecule has 1 heterocycles. The quantitative estimate of drug-likeness (QED) is 0.504. The third-order valence-corrected chi connectivity index (χ3v) is 2.30. The van der Waals surface area contributed by atoms with Crippen LogP contribution in [0.25, 0.3) is 0 Å². The molecule has 1 saturated heterocycles. The van der Waals surface area contributed by atoms with Crippen molar-refractivity contribution < 1.29 is 24.8 Å². The zero-order valence-electron chi connectivity index (χ0n) is 8.31. The second-order valence-corrected chi connectivity index (χ2v) is 3.26. The van der Waals surface area contributed by atoms with Crippen molar-refractivity contribution in [1.29, 1.82) is 0 Å². The normalized spacial score (nSPS) is 41.5. The number of hydrogen-bond donors (Lipinski definition) is 3. The molecule has 3 N–H and O–H groups in total. The molecule has 5 atom stereocenters. The number of hydrogen-bond acceptors (Lipinski definition) is 7. The monoisotopic (exact) mass is 221 g/mol. The Kier molecular flexibility index (Phi) is 4.55. The molecule has 0 aromatic heterocycles. The number of nitrogens with zero attached hydrogens (tertiary/aromatic N) is 1. The van der Waals surface area contributed by atoms with Gasteiger partial charge in [-0.05, 0) is 6.92 Å². The first-order chi connectivity index (χ1) is 7.15. The molecule has 0 aromatic carbocycles. The SMILES string of the molecule is CCOC1OC(CO)C(N=O)C(O)C1O. The van der Waals surface area contributed by atoms with Crippen LogP contribution in [0.5, 0.6) is 0 Å². The second kappa shape index (κ2) is 5.47. The summed E-state index contributed by atoms with van der Waals surface area (Å²) in [6.07, 6.45) is -4.71. The fourth-order valence-electron chi connectivity index (χ4n) is 1.50. The molecule has 0 radical (unpaired) electrons. The second-order valence-electron chi connectivity index (χ2n) is 3.26. The van der Waals surface area contributed by atoms with Crippen LogP contribution >= 0.6 is 0 Å². The molecular weight excluding hydrogens is 206 g/mol. The summed E-state index contributed by atoms with van der Waals surface area (Å²) in [6, 6.07) is -1.18. The minimum atomic E-state index is -1.38. The number of aliphatic hydroxyl groups is 3. The van der Waals surface area contributed by atoms with Crippen molar-refractivity contribution in [1.82, 2.24) is 0 Å². The molecule has 0 aliphatic carbocycles. The lowest BCUT2D eigenvalue weighted by Gasteiger charge is -2.38. The van der Waals surface area contributed by atoms with E-state index >= 15 is 0 Å². The van der Waals surface area contributed by atoms with Crippen molar-refractivity contribution >= 4 is 0 Å². The maximum Gasteiger partial charge on any atom is 0.186 e. The van der Waals surface area contributed by atoms with Gasteiger partial charge in [-0.2, -0.15) is 4.91 Å². The van der Waals surface area contributed by atoms with Gasteiger partial charge in [0.1, 0.15) is 24.4 Å². The first-order valence-corrected chi connectivity index (χ1v) is 4.72. The van der Waals surface area contributed by atoms with Gasteiger partial charge < -0.3 is 24.8 Å². The molecule has 7 heteroatoms. The van der Waals surface area contributed by atoms with E-state index in [2.05, 4.69) is 5.18 Å². The van der Waals surface area contributed by atoms with Gasteiger partial charge in [-0.25, -0.2) is 0 Å². The summed E-state index contributed by atoms with van der Waals surface area (Å²) < 4.78 is 10.1. The largest absolute Gasteiger partial charge is 0.394 e. The topological polar surface area (TPSA) is 109 Å². The molecule has 0 aromatic rings. The summed E-state index contributed by atoms with van der Waals surface area (Å²) in [7, 11) is 0. The van der Waals surface area contributed by atoms with E-state index in [0.717, 1.165) is 0 Å². The van der Waals surface area contributed by atoms with Crippen molar-refractivity contribution in [3.05, 3.63) is 4.91 Å². The molecule has 1 fully saturated rings. The van der Waals surface area contributed by atoms with Gasteiger partial charge in [-0.1, -0.05) is 5.18 Å². The van der Waals surface area contributed by atoms with Crippen LogP contribution in [0.1, 0.15) is 6.92 Å². The fourth-order valence-corrected chi connectivity index (χ4v) is 1.50. The highest BCUT2D eigenvalue weighted by Gasteiger charge is 2.45. The Balaban J connectivity index is 2.72. The Labute approximate surface area is 86.6 Å². The van der Waals surface area contributed by atoms with E-state index in [9.17, 15) is 15.1 Å². The van der Waals surface area contributed by atoms with E-state index in [4.69, 9.17) is 14.6 Å². The van der Waals surface area contributed by atoms with Gasteiger partial charge in [-0.3, -0.25) is 0 Å². The Morgan fingerprint density at radius 1 is 1.40 bits per heavy atom. The van der Waals surface area contributed by atoms with Crippen LogP contribution in [-0.4, -0.2) is 59.2 Å². The molecule has 0 amide bonds. The number of ether oxygens (including phenoxy) is 2. The third-order valence-electron chi connectivity index (χ3n) is 2.30. The highest BCUT2D eigenvalue weighted by atomic mass is 16.7. The molecule has 1 aliphatic rings. The maximum atomic E-state index is 10.4. The average molecular weight is 221 g/mol. The standard InChI is InChI=1S/C8H15NO6/c1-2-14-8-7(12)6(11)5(9-13)4(3-10)15-8/h4-8,10-12H,2-3H2,1H3. The lowest BCUT2D eigenvalue weighted by molar-refractivity contribution is -0.275. The number of nitroso groups, excluding NO2 is 1. The van der Waals surface area contributed by atoms with Crippen molar-refractivity contribution in [2.24, 2.45) is 5.18 Å². The molecule has 5 unspecified atom stereocenters. The highest BCUT2D eigenvalue weighted by Crippen LogP contribution is 2.23. The maximum absolute atomic E-state index is 10.4. The fraction of sp³-hybridized carbons (Fsp3) is 1.00. The van der Waals surface area contributed by atoms with Crippen LogP contribution in [0.3, 0.4) is 0 Å². The molecule has 7 nitrogen and oxygen atoms in total. The van der Waals surface area contributed by atoms with Crippen LogP contribution in [0.15, 0.2) is 5.18 Å². The van der Waals surface area contributed by atoms with Gasteiger partial charge in [0.25, 0.3) is 0 Å². The zero-order chi connectivity index (χ0) is 11.4. The zero-order valence-corrected chi connectivity index (χ0v) is 8.31. The van der Waals surface area contributed by atoms with Crippen LogP contribution in [0.2, 0.25) is 0 Å². The lowest BCUT2D eigenvalue weighted by Crippen LogP contribution is -2.58. The van der Waals surface area contributed by atoms with Crippen molar-refractivity contribution in [2.75, 3.05) is 13.2 Å². The van der Waals surface area contributed by atoms with E-state index < -0.39 is 37.3 Å². The van der Waals surface area contributed by atoms with Gasteiger partial charge in [0.2, 0.25) is 0 Å². The summed E-state index contributed by atoms with van der Waals surface area (Å²) in [6.45, 7) is 1.51. The summed E-state index contributed by atoms with van der Waals surface area (Å²) in [4.78, 5) is 10.4. The first-order valence-electron chi connectivity index (χ1n) is 4.72. The number of aliphatic hydroxyl groups excluding tert-OH is 3. The molecule has 15 heavy (non-hydrogen) atoms. The van der Waals surface area contributed by atoms with Crippen molar-refractivity contribution in [3.63, 3.8) is 0 Å². The van der Waals surface area contributed by atoms with Gasteiger partial charge >= 0.3 is 0 Å². The Bertz CT molecular complexity index is 211. The smallest absolute Gasteiger partial charge is 0.186 e. The van der Waals surface area contributed by atoms with E-state index in [1.54, 1.807) is 6.92 Å². The van der Waals surface area contributed by atoms with Crippen LogP contribution < -0.4 is 0 Å². The van der Waals surface area contributed by atoms with Gasteiger partial charge in [-0.15, -0.1) is 0 Å². The third kappa shape index (κ3) is 2.50.